The molecule has 0 saturated heterocycles. The summed E-state index contributed by atoms with van der Waals surface area (Å²) in [5.74, 6) is -1.20. The number of carbonyl (C=O) groups is 1. The predicted molar refractivity (Wildman–Crippen MR) is 85.4 cm³/mol. The molecule has 0 aromatic heterocycles. The van der Waals surface area contributed by atoms with E-state index in [1.165, 1.54) is 26.4 Å². The summed E-state index contributed by atoms with van der Waals surface area (Å²) in [6, 6.07) is 3.44. The van der Waals surface area contributed by atoms with Gasteiger partial charge in [0.1, 0.15) is 4.90 Å². The second-order valence-corrected chi connectivity index (χ2v) is 6.60. The minimum atomic E-state index is -3.90. The molecule has 0 radical (unpaired) electrons. The van der Waals surface area contributed by atoms with E-state index in [1.807, 2.05) is 0 Å². The number of carboxylic acid groups (broad SMARTS) is 1. The Kier molecular flexibility index (Phi) is 7.43. The van der Waals surface area contributed by atoms with Gasteiger partial charge in [-0.25, -0.2) is 17.9 Å². The number of rotatable bonds is 10. The zero-order chi connectivity index (χ0) is 17.5. The van der Waals surface area contributed by atoms with Gasteiger partial charge in [0.15, 0.2) is 0 Å². The average molecular weight is 346 g/mol. The van der Waals surface area contributed by atoms with Gasteiger partial charge in [0.25, 0.3) is 0 Å². The molecule has 1 rings (SSSR count). The molecule has 0 aliphatic rings. The van der Waals surface area contributed by atoms with Crippen LogP contribution in [0.1, 0.15) is 17.3 Å². The van der Waals surface area contributed by atoms with Crippen molar-refractivity contribution in [2.45, 2.75) is 17.9 Å². The van der Waals surface area contributed by atoms with Crippen molar-refractivity contribution in [2.24, 2.45) is 0 Å². The summed E-state index contributed by atoms with van der Waals surface area (Å²) < 4.78 is 37.3. The molecule has 0 heterocycles. The Balaban J connectivity index is 3.16. The van der Waals surface area contributed by atoms with Gasteiger partial charge in [-0.1, -0.05) is 0 Å². The van der Waals surface area contributed by atoms with Crippen molar-refractivity contribution >= 4 is 21.7 Å². The number of sulfonamides is 1. The quantitative estimate of drug-likeness (QED) is 0.536. The highest BCUT2D eigenvalue weighted by Crippen LogP contribution is 2.23. The maximum absolute atomic E-state index is 12.5. The van der Waals surface area contributed by atoms with E-state index in [9.17, 15) is 13.2 Å². The molecule has 3 N–H and O–H groups in total. The van der Waals surface area contributed by atoms with Crippen molar-refractivity contribution in [1.29, 1.82) is 0 Å². The van der Waals surface area contributed by atoms with E-state index in [0.717, 1.165) is 6.07 Å². The van der Waals surface area contributed by atoms with Crippen molar-refractivity contribution in [3.63, 3.8) is 0 Å². The third-order valence-electron chi connectivity index (χ3n) is 2.91. The first-order valence-corrected chi connectivity index (χ1v) is 8.41. The van der Waals surface area contributed by atoms with Crippen LogP contribution in [0.2, 0.25) is 0 Å². The average Bonchev–Trinajstić information content (AvgIpc) is 2.47. The highest BCUT2D eigenvalue weighted by molar-refractivity contribution is 7.89. The highest BCUT2D eigenvalue weighted by Gasteiger charge is 2.22. The van der Waals surface area contributed by atoms with E-state index in [0.29, 0.717) is 18.8 Å². The van der Waals surface area contributed by atoms with Crippen LogP contribution in [0.4, 0.5) is 5.69 Å². The van der Waals surface area contributed by atoms with Crippen molar-refractivity contribution in [2.75, 3.05) is 39.3 Å². The van der Waals surface area contributed by atoms with Crippen LogP contribution >= 0.6 is 0 Å². The maximum Gasteiger partial charge on any atom is 0.335 e. The Morgan fingerprint density at radius 1 is 1.30 bits per heavy atom. The molecular formula is C14H22N2O6S. The van der Waals surface area contributed by atoms with Crippen molar-refractivity contribution in [3.8, 4) is 0 Å². The van der Waals surface area contributed by atoms with E-state index in [-0.39, 0.29) is 17.1 Å². The lowest BCUT2D eigenvalue weighted by Crippen LogP contribution is -2.36. The first-order valence-electron chi connectivity index (χ1n) is 6.93. The Hall–Kier alpha value is -1.68. The van der Waals surface area contributed by atoms with Gasteiger partial charge >= 0.3 is 5.97 Å². The Morgan fingerprint density at radius 2 is 2.00 bits per heavy atom. The number of hydrogen-bond donors (Lipinski definition) is 3. The first-order chi connectivity index (χ1) is 10.8. The highest BCUT2D eigenvalue weighted by atomic mass is 32.2. The van der Waals surface area contributed by atoms with E-state index >= 15 is 0 Å². The summed E-state index contributed by atoms with van der Waals surface area (Å²) in [5.41, 5.74) is 0.200. The number of hydrogen-bond acceptors (Lipinski definition) is 6. The standard InChI is InChI=1S/C14H22N2O6S/c1-10(9-22-3)16-23(19,20)13-8-11(14(17)18)4-5-12(13)15-6-7-21-2/h4-5,8,10,15-16H,6-7,9H2,1-3H3,(H,17,18)/t10-/m1/s1. The first kappa shape index (κ1) is 19.4. The normalized spacial score (nSPS) is 12.8. The van der Waals surface area contributed by atoms with Crippen LogP contribution in [0.25, 0.3) is 0 Å². The third-order valence-corrected chi connectivity index (χ3v) is 4.54. The van der Waals surface area contributed by atoms with Gasteiger partial charge in [-0.2, -0.15) is 0 Å². The fourth-order valence-corrected chi connectivity index (χ4v) is 3.36. The minimum Gasteiger partial charge on any atom is -0.478 e. The lowest BCUT2D eigenvalue weighted by atomic mass is 10.2. The molecule has 130 valence electrons. The van der Waals surface area contributed by atoms with E-state index in [1.54, 1.807) is 6.92 Å². The Morgan fingerprint density at radius 3 is 2.57 bits per heavy atom. The van der Waals surface area contributed by atoms with Crippen molar-refractivity contribution in [1.82, 2.24) is 4.72 Å². The van der Waals surface area contributed by atoms with E-state index in [2.05, 4.69) is 10.0 Å². The van der Waals surface area contributed by atoms with Gasteiger partial charge in [0, 0.05) is 26.8 Å². The number of aromatic carboxylic acids is 1. The molecule has 0 spiro atoms. The monoisotopic (exact) mass is 346 g/mol. The van der Waals surface area contributed by atoms with Gasteiger partial charge in [0.2, 0.25) is 10.0 Å². The van der Waals surface area contributed by atoms with Gasteiger partial charge in [-0.05, 0) is 25.1 Å². The SMILES string of the molecule is COCCNc1ccc(C(=O)O)cc1S(=O)(=O)N[C@H](C)COC. The molecular weight excluding hydrogens is 324 g/mol. The smallest absolute Gasteiger partial charge is 0.335 e. The lowest BCUT2D eigenvalue weighted by molar-refractivity contribution is 0.0696. The molecule has 0 bridgehead atoms. The molecule has 9 heteroatoms. The van der Waals surface area contributed by atoms with E-state index in [4.69, 9.17) is 14.6 Å². The summed E-state index contributed by atoms with van der Waals surface area (Å²) in [6.07, 6.45) is 0. The number of benzene rings is 1. The van der Waals surface area contributed by atoms with Crippen LogP contribution in [0.15, 0.2) is 23.1 Å². The molecule has 0 aliphatic carbocycles. The zero-order valence-electron chi connectivity index (χ0n) is 13.3. The van der Waals surface area contributed by atoms with Crippen LogP contribution in [-0.4, -0.2) is 59.5 Å². The maximum atomic E-state index is 12.5. The zero-order valence-corrected chi connectivity index (χ0v) is 14.1. The summed E-state index contributed by atoms with van der Waals surface area (Å²) >= 11 is 0. The van der Waals surface area contributed by atoms with Crippen LogP contribution in [0.5, 0.6) is 0 Å². The number of methoxy groups -OCH3 is 2. The van der Waals surface area contributed by atoms with Crippen molar-refractivity contribution in [3.05, 3.63) is 23.8 Å². The number of anilines is 1. The van der Waals surface area contributed by atoms with Crippen LogP contribution in [0.3, 0.4) is 0 Å². The summed E-state index contributed by atoms with van der Waals surface area (Å²) in [5, 5.41) is 12.0. The third kappa shape index (κ3) is 5.79. The molecule has 23 heavy (non-hydrogen) atoms. The van der Waals surface area contributed by atoms with Crippen molar-refractivity contribution < 1.29 is 27.8 Å². The number of nitrogens with one attached hydrogen (secondary N) is 2. The fraction of sp³-hybridized carbons (Fsp3) is 0.500. The predicted octanol–water partition coefficient (Wildman–Crippen LogP) is 0.756. The minimum absolute atomic E-state index is 0.109. The van der Waals surface area contributed by atoms with Gasteiger partial charge in [-0.15, -0.1) is 0 Å². The molecule has 8 nitrogen and oxygen atoms in total. The topological polar surface area (TPSA) is 114 Å². The Labute approximate surface area is 135 Å². The van der Waals surface area contributed by atoms with Gasteiger partial charge in [-0.3, -0.25) is 0 Å². The number of carboxylic acids is 1. The number of ether oxygens (including phenoxy) is 2. The van der Waals surface area contributed by atoms with E-state index < -0.39 is 22.0 Å². The molecule has 0 fully saturated rings. The second-order valence-electron chi connectivity index (χ2n) is 4.91. The summed E-state index contributed by atoms with van der Waals surface area (Å²) in [4.78, 5) is 11.0. The summed E-state index contributed by atoms with van der Waals surface area (Å²) in [6.45, 7) is 2.62. The Bertz CT molecular complexity index is 632. The largest absolute Gasteiger partial charge is 0.478 e. The fourth-order valence-electron chi connectivity index (χ4n) is 1.92. The second kappa shape index (κ2) is 8.82. The van der Waals surface area contributed by atoms with Crippen LogP contribution in [0, 0.1) is 0 Å². The molecule has 0 aliphatic heterocycles. The molecule has 1 aromatic rings. The molecule has 0 unspecified atom stereocenters. The van der Waals surface area contributed by atoms with Crippen LogP contribution < -0.4 is 10.0 Å². The van der Waals surface area contributed by atoms with Gasteiger partial charge in [0.05, 0.1) is 24.5 Å². The lowest BCUT2D eigenvalue weighted by Gasteiger charge is -2.17. The van der Waals surface area contributed by atoms with Crippen LogP contribution in [-0.2, 0) is 19.5 Å². The molecule has 1 atom stereocenters. The van der Waals surface area contributed by atoms with Gasteiger partial charge < -0.3 is 19.9 Å². The molecule has 1 aromatic carbocycles. The summed E-state index contributed by atoms with van der Waals surface area (Å²) in [7, 11) is -0.908. The molecule has 0 saturated carbocycles. The molecule has 0 amide bonds.